The van der Waals surface area contributed by atoms with Gasteiger partial charge in [0.15, 0.2) is 0 Å². The van der Waals surface area contributed by atoms with E-state index >= 15 is 0 Å². The Morgan fingerprint density at radius 1 is 1.24 bits per heavy atom. The van der Waals surface area contributed by atoms with Crippen LogP contribution in [0.4, 0.5) is 0 Å². The summed E-state index contributed by atoms with van der Waals surface area (Å²) in [5.74, 6) is 1.31. The van der Waals surface area contributed by atoms with Crippen LogP contribution >= 0.6 is 21.6 Å². The van der Waals surface area contributed by atoms with Crippen LogP contribution in [-0.2, 0) is 11.3 Å². The molecule has 1 rings (SSSR count). The van der Waals surface area contributed by atoms with E-state index in [1.807, 2.05) is 0 Å². The van der Waals surface area contributed by atoms with Gasteiger partial charge in [0.1, 0.15) is 0 Å². The van der Waals surface area contributed by atoms with Gasteiger partial charge in [-0.1, -0.05) is 26.7 Å². The van der Waals surface area contributed by atoms with E-state index in [1.54, 1.807) is 33.7 Å². The van der Waals surface area contributed by atoms with Gasteiger partial charge in [-0.3, -0.25) is 14.6 Å². The monoisotopic (exact) mass is 383 g/mol. The number of nitrogens with zero attached hydrogens (tertiary/aromatic N) is 4. The molecule has 0 saturated carbocycles. The molecular weight excluding hydrogens is 362 g/mol. The van der Waals surface area contributed by atoms with Gasteiger partial charge in [-0.05, 0) is 17.7 Å². The molecule has 0 spiro atoms. The van der Waals surface area contributed by atoms with Crippen LogP contribution in [0.2, 0.25) is 0 Å². The van der Waals surface area contributed by atoms with Crippen LogP contribution in [0.5, 0.6) is 0 Å². The Bertz CT molecular complexity index is 591. The van der Waals surface area contributed by atoms with Gasteiger partial charge in [-0.2, -0.15) is 0 Å². The number of carbonyl (C=O) groups is 2. The van der Waals surface area contributed by atoms with Crippen LogP contribution in [0.15, 0.2) is 23.4 Å². The van der Waals surface area contributed by atoms with Gasteiger partial charge in [-0.25, -0.2) is 0 Å². The summed E-state index contributed by atoms with van der Waals surface area (Å²) in [4.78, 5) is 30.3. The average Bonchev–Trinajstić information content (AvgIpc) is 2.63. The van der Waals surface area contributed by atoms with E-state index in [-0.39, 0.29) is 31.3 Å². The number of amides is 2. The second kappa shape index (κ2) is 13.4. The van der Waals surface area contributed by atoms with Crippen LogP contribution in [0.3, 0.4) is 0 Å². The maximum absolute atomic E-state index is 11.9. The van der Waals surface area contributed by atoms with Crippen molar-refractivity contribution >= 4 is 33.4 Å². The van der Waals surface area contributed by atoms with Crippen molar-refractivity contribution in [2.24, 2.45) is 10.8 Å². The summed E-state index contributed by atoms with van der Waals surface area (Å²) in [7, 11) is 3.35. The molecule has 0 atom stereocenters. The van der Waals surface area contributed by atoms with Gasteiger partial charge in [0.25, 0.3) is 5.91 Å². The van der Waals surface area contributed by atoms with Crippen molar-refractivity contribution < 1.29 is 9.59 Å². The van der Waals surface area contributed by atoms with Gasteiger partial charge in [0.05, 0.1) is 12.1 Å². The van der Waals surface area contributed by atoms with Crippen molar-refractivity contribution in [2.75, 3.05) is 31.1 Å². The minimum Gasteiger partial charge on any atom is -0.355 e. The molecule has 0 saturated heterocycles. The summed E-state index contributed by atoms with van der Waals surface area (Å²) in [6, 6.07) is 3.22. The third-order valence-electron chi connectivity index (χ3n) is 2.81. The van der Waals surface area contributed by atoms with Crippen LogP contribution in [-0.4, -0.2) is 47.9 Å². The van der Waals surface area contributed by atoms with Crippen molar-refractivity contribution in [3.63, 3.8) is 0 Å². The number of aromatic nitrogens is 1. The average molecular weight is 384 g/mol. The molecule has 2 amide bonds. The molecule has 0 aliphatic heterocycles. The van der Waals surface area contributed by atoms with E-state index in [0.29, 0.717) is 24.3 Å². The molecule has 1 aromatic rings. The molecule has 0 fully saturated rings. The molecule has 0 radical (unpaired) electrons. The number of carbonyl (C=O) groups excluding carboxylic acids is 2. The third-order valence-corrected chi connectivity index (χ3v) is 5.25. The lowest BCUT2D eigenvalue weighted by Crippen LogP contribution is -2.31. The van der Waals surface area contributed by atoms with Crippen molar-refractivity contribution in [1.29, 1.82) is 0 Å². The molecule has 0 aliphatic rings. The Balaban J connectivity index is 2.18. The number of azide groups is 1. The molecule has 1 heterocycles. The topological polar surface area (TPSA) is 146 Å². The largest absolute Gasteiger partial charge is 0.355 e. The van der Waals surface area contributed by atoms with E-state index in [9.17, 15) is 9.59 Å². The van der Waals surface area contributed by atoms with Crippen molar-refractivity contribution in [1.82, 2.24) is 15.6 Å². The zero-order valence-electron chi connectivity index (χ0n) is 13.7. The Morgan fingerprint density at radius 2 is 2.04 bits per heavy atom. The first kappa shape index (κ1) is 21.1. The lowest BCUT2D eigenvalue weighted by atomic mass is 10.2. The summed E-state index contributed by atoms with van der Waals surface area (Å²) < 4.78 is 0. The normalized spacial score (nSPS) is 9.96. The van der Waals surface area contributed by atoms with Crippen LogP contribution in [0.25, 0.3) is 10.4 Å². The molecule has 1 aromatic heterocycles. The Hall–Kier alpha value is -1.94. The number of hydrogen-bond donors (Lipinski definition) is 3. The molecule has 4 N–H and O–H groups in total. The predicted octanol–water partition coefficient (Wildman–Crippen LogP) is 1.47. The van der Waals surface area contributed by atoms with Gasteiger partial charge >= 0.3 is 0 Å². The minimum atomic E-state index is -0.302. The van der Waals surface area contributed by atoms with Crippen LogP contribution < -0.4 is 16.4 Å². The molecule has 0 aromatic carbocycles. The predicted molar refractivity (Wildman–Crippen MR) is 101 cm³/mol. The zero-order valence-corrected chi connectivity index (χ0v) is 15.3. The Kier molecular flexibility index (Phi) is 11.3. The van der Waals surface area contributed by atoms with E-state index in [4.69, 9.17) is 11.3 Å². The molecular formula is C14H21N7O2S2. The number of nitrogens with one attached hydrogen (secondary N) is 2. The number of pyridine rings is 1. The van der Waals surface area contributed by atoms with Crippen molar-refractivity contribution in [3.8, 4) is 0 Å². The number of hydrogen-bond acceptors (Lipinski definition) is 7. The van der Waals surface area contributed by atoms with E-state index in [1.165, 1.54) is 6.20 Å². The highest BCUT2D eigenvalue weighted by Crippen LogP contribution is 2.18. The first-order chi connectivity index (χ1) is 12.2. The highest BCUT2D eigenvalue weighted by atomic mass is 33.1. The molecule has 9 nitrogen and oxygen atoms in total. The van der Waals surface area contributed by atoms with Crippen LogP contribution in [0.1, 0.15) is 22.5 Å². The summed E-state index contributed by atoms with van der Waals surface area (Å²) >= 11 is 0. The fourth-order valence-electron chi connectivity index (χ4n) is 1.63. The lowest BCUT2D eigenvalue weighted by Gasteiger charge is -2.07. The van der Waals surface area contributed by atoms with Gasteiger partial charge in [0.2, 0.25) is 5.91 Å². The second-order valence-corrected chi connectivity index (χ2v) is 7.42. The molecule has 0 aliphatic carbocycles. The van der Waals surface area contributed by atoms with E-state index in [2.05, 4.69) is 25.6 Å². The minimum absolute atomic E-state index is 0.104. The zero-order chi connectivity index (χ0) is 18.3. The highest BCUT2D eigenvalue weighted by Gasteiger charge is 2.07. The fourth-order valence-corrected chi connectivity index (χ4v) is 3.40. The lowest BCUT2D eigenvalue weighted by molar-refractivity contribution is -0.120. The molecule has 0 unspecified atom stereocenters. The molecule has 25 heavy (non-hydrogen) atoms. The van der Waals surface area contributed by atoms with Crippen molar-refractivity contribution in [3.05, 3.63) is 40.0 Å². The SMILES string of the molecule is [N-]=[N+]=NCc1ccc(C(=O)NCCC(=O)NCCSSCCN)cn1. The van der Waals surface area contributed by atoms with Gasteiger partial charge < -0.3 is 16.4 Å². The van der Waals surface area contributed by atoms with Gasteiger partial charge in [0, 0.05) is 54.4 Å². The Labute approximate surface area is 153 Å². The number of rotatable bonds is 12. The van der Waals surface area contributed by atoms with E-state index in [0.717, 1.165) is 11.5 Å². The van der Waals surface area contributed by atoms with Gasteiger partial charge in [-0.15, -0.1) is 0 Å². The smallest absolute Gasteiger partial charge is 0.252 e. The first-order valence-electron chi connectivity index (χ1n) is 7.62. The highest BCUT2D eigenvalue weighted by molar-refractivity contribution is 8.76. The maximum Gasteiger partial charge on any atom is 0.252 e. The second-order valence-electron chi connectivity index (χ2n) is 4.72. The summed E-state index contributed by atoms with van der Waals surface area (Å²) in [5, 5.41) is 8.85. The maximum atomic E-state index is 11.9. The Morgan fingerprint density at radius 3 is 2.72 bits per heavy atom. The van der Waals surface area contributed by atoms with Crippen LogP contribution in [0, 0.1) is 0 Å². The summed E-state index contributed by atoms with van der Waals surface area (Å²) in [6.45, 7) is 1.63. The molecule has 0 bridgehead atoms. The molecule has 11 heteroatoms. The standard InChI is InChI=1S/C14H21N7O2S2/c15-4-7-24-25-8-6-17-13(22)3-5-18-14(23)11-1-2-12(19-9-11)10-20-21-16/h1-2,9H,3-8,10,15H2,(H,17,22)(H,18,23). The molecule has 136 valence electrons. The van der Waals surface area contributed by atoms with E-state index < -0.39 is 0 Å². The third kappa shape index (κ3) is 9.82. The fraction of sp³-hybridized carbons (Fsp3) is 0.500. The van der Waals surface area contributed by atoms with Crippen molar-refractivity contribution in [2.45, 2.75) is 13.0 Å². The quantitative estimate of drug-likeness (QED) is 0.164. The summed E-state index contributed by atoms with van der Waals surface area (Å²) in [5.41, 5.74) is 14.6. The first-order valence-corrected chi connectivity index (χ1v) is 10.1. The number of nitrogens with two attached hydrogens (primary N) is 1. The summed E-state index contributed by atoms with van der Waals surface area (Å²) in [6.07, 6.45) is 1.63.